The molecule has 0 fully saturated rings. The fourth-order valence-electron chi connectivity index (χ4n) is 6.83. The van der Waals surface area contributed by atoms with E-state index in [9.17, 15) is 0 Å². The Balaban J connectivity index is 1.52. The van der Waals surface area contributed by atoms with Crippen molar-refractivity contribution in [3.05, 3.63) is 146 Å². The van der Waals surface area contributed by atoms with Crippen LogP contribution in [0.2, 0.25) is 0 Å². The van der Waals surface area contributed by atoms with E-state index < -0.39 is 0 Å². The van der Waals surface area contributed by atoms with Crippen LogP contribution in [0.5, 0.6) is 0 Å². The molecule has 2 aromatic heterocycles. The Hall–Kier alpha value is -5.47. The number of aromatic nitrogens is 2. The molecule has 0 aliphatic heterocycles. The summed E-state index contributed by atoms with van der Waals surface area (Å²) in [6, 6.07) is 52.3. The Labute approximate surface area is 237 Å². The zero-order valence-electron chi connectivity index (χ0n) is 22.3. The number of fused-ring (bicyclic) bond motifs is 3. The van der Waals surface area contributed by atoms with Gasteiger partial charge in [0, 0.05) is 21.9 Å². The van der Waals surface area contributed by atoms with Crippen LogP contribution in [0, 0.1) is 0 Å². The van der Waals surface area contributed by atoms with Gasteiger partial charge in [-0.2, -0.15) is 0 Å². The van der Waals surface area contributed by atoms with Gasteiger partial charge < -0.3 is 0 Å². The number of nitrogens with zero attached hydrogens (tertiary/aromatic N) is 2. The van der Waals surface area contributed by atoms with Crippen molar-refractivity contribution in [2.45, 2.75) is 0 Å². The van der Waals surface area contributed by atoms with Crippen molar-refractivity contribution in [2.24, 2.45) is 0 Å². The Morgan fingerprint density at radius 3 is 1.78 bits per heavy atom. The molecule has 0 saturated carbocycles. The summed E-state index contributed by atoms with van der Waals surface area (Å²) in [7, 11) is 0. The Kier molecular flexibility index (Phi) is 4.64. The molecule has 0 amide bonds. The fraction of sp³-hybridized carbons (Fsp3) is 0. The monoisotopic (exact) mass is 520 g/mol. The second-order valence-corrected chi connectivity index (χ2v) is 10.7. The number of hydrogen-bond donors (Lipinski definition) is 0. The van der Waals surface area contributed by atoms with Crippen LogP contribution >= 0.6 is 0 Å². The van der Waals surface area contributed by atoms with Gasteiger partial charge in [-0.3, -0.25) is 4.57 Å². The van der Waals surface area contributed by atoms with Gasteiger partial charge in [-0.1, -0.05) is 121 Å². The average molecular weight is 521 g/mol. The van der Waals surface area contributed by atoms with Gasteiger partial charge in [-0.05, 0) is 62.9 Å². The van der Waals surface area contributed by atoms with Gasteiger partial charge in [0.05, 0.1) is 16.7 Å². The van der Waals surface area contributed by atoms with E-state index in [1.807, 2.05) is 6.07 Å². The van der Waals surface area contributed by atoms with Crippen LogP contribution in [-0.4, -0.2) is 9.55 Å². The Bertz CT molecular complexity index is 2290. The molecule has 9 rings (SSSR count). The summed E-state index contributed by atoms with van der Waals surface area (Å²) in [6.07, 6.45) is 0. The topological polar surface area (TPSA) is 17.8 Å². The molecule has 1 aliphatic rings. The standard InChI is InChI=1S/C39H24N2/c1-3-12-25(13-4-1)32-24-27-16-9-19-30-28-17-7-8-18-29(28)31-20-10-22-34-37(31)38(36(27)30)39(32)41(34)35-23-11-21-33(40-35)26-14-5-2-6-15-26/h1-24H. The highest BCUT2D eigenvalue weighted by Gasteiger charge is 2.27. The van der Waals surface area contributed by atoms with Crippen molar-refractivity contribution >= 4 is 32.6 Å². The van der Waals surface area contributed by atoms with Crippen LogP contribution in [-0.2, 0) is 0 Å². The lowest BCUT2D eigenvalue weighted by atomic mass is 9.91. The third kappa shape index (κ3) is 3.16. The summed E-state index contributed by atoms with van der Waals surface area (Å²) in [6.45, 7) is 0. The molecule has 0 bridgehead atoms. The zero-order valence-corrected chi connectivity index (χ0v) is 22.3. The molecule has 8 aromatic rings. The van der Waals surface area contributed by atoms with Crippen molar-refractivity contribution in [1.29, 1.82) is 0 Å². The molecule has 2 heteroatoms. The lowest BCUT2D eigenvalue weighted by Gasteiger charge is -2.16. The average Bonchev–Trinajstić information content (AvgIpc) is 3.34. The van der Waals surface area contributed by atoms with Crippen LogP contribution < -0.4 is 0 Å². The van der Waals surface area contributed by atoms with E-state index in [1.54, 1.807) is 0 Å². The first-order valence-corrected chi connectivity index (χ1v) is 14.1. The predicted molar refractivity (Wildman–Crippen MR) is 171 cm³/mol. The molecule has 0 unspecified atom stereocenters. The molecule has 1 aliphatic carbocycles. The lowest BCUT2D eigenvalue weighted by Crippen LogP contribution is -2.00. The van der Waals surface area contributed by atoms with E-state index in [4.69, 9.17) is 4.98 Å². The summed E-state index contributed by atoms with van der Waals surface area (Å²) in [5.41, 5.74) is 12.0. The summed E-state index contributed by atoms with van der Waals surface area (Å²) < 4.78 is 2.40. The van der Waals surface area contributed by atoms with Gasteiger partial charge in [-0.25, -0.2) is 4.98 Å². The van der Waals surface area contributed by atoms with Crippen LogP contribution in [0.3, 0.4) is 0 Å². The molecule has 0 N–H and O–H groups in total. The number of pyridine rings is 1. The second kappa shape index (κ2) is 8.51. The minimum Gasteiger partial charge on any atom is -0.293 e. The molecule has 0 atom stereocenters. The molecule has 0 saturated heterocycles. The first-order valence-electron chi connectivity index (χ1n) is 14.1. The van der Waals surface area contributed by atoms with Crippen molar-refractivity contribution in [1.82, 2.24) is 9.55 Å². The van der Waals surface area contributed by atoms with Gasteiger partial charge in [0.2, 0.25) is 0 Å². The molecule has 190 valence electrons. The number of benzene rings is 6. The number of hydrogen-bond acceptors (Lipinski definition) is 1. The maximum Gasteiger partial charge on any atom is 0.138 e. The van der Waals surface area contributed by atoms with Crippen LogP contribution in [0.15, 0.2) is 146 Å². The Morgan fingerprint density at radius 1 is 0.415 bits per heavy atom. The summed E-state index contributed by atoms with van der Waals surface area (Å²) in [5, 5.41) is 5.15. The molecule has 2 nitrogen and oxygen atoms in total. The van der Waals surface area contributed by atoms with Gasteiger partial charge in [0.15, 0.2) is 0 Å². The second-order valence-electron chi connectivity index (χ2n) is 10.7. The smallest absolute Gasteiger partial charge is 0.138 e. The quantitative estimate of drug-likeness (QED) is 0.227. The molecule has 0 spiro atoms. The normalized spacial score (nSPS) is 11.9. The molecule has 0 radical (unpaired) electrons. The number of rotatable bonds is 3. The first kappa shape index (κ1) is 22.4. The molecule has 2 heterocycles. The largest absolute Gasteiger partial charge is 0.293 e. The molecule has 41 heavy (non-hydrogen) atoms. The molecule has 6 aromatic carbocycles. The van der Waals surface area contributed by atoms with Crippen LogP contribution in [0.1, 0.15) is 0 Å². The van der Waals surface area contributed by atoms with Gasteiger partial charge >= 0.3 is 0 Å². The van der Waals surface area contributed by atoms with Crippen molar-refractivity contribution in [3.8, 4) is 50.5 Å². The fourth-order valence-corrected chi connectivity index (χ4v) is 6.83. The maximum atomic E-state index is 5.28. The van der Waals surface area contributed by atoms with E-state index in [-0.39, 0.29) is 0 Å². The predicted octanol–water partition coefficient (Wildman–Crippen LogP) is 10.3. The highest BCUT2D eigenvalue weighted by atomic mass is 15.1. The van der Waals surface area contributed by atoms with Gasteiger partial charge in [0.25, 0.3) is 0 Å². The van der Waals surface area contributed by atoms with Gasteiger partial charge in [-0.15, -0.1) is 0 Å². The minimum absolute atomic E-state index is 0.923. The van der Waals surface area contributed by atoms with E-state index in [0.29, 0.717) is 0 Å². The third-order valence-electron chi connectivity index (χ3n) is 8.52. The Morgan fingerprint density at radius 2 is 1.02 bits per heavy atom. The van der Waals surface area contributed by atoms with Gasteiger partial charge in [0.1, 0.15) is 5.82 Å². The third-order valence-corrected chi connectivity index (χ3v) is 8.52. The van der Waals surface area contributed by atoms with Crippen molar-refractivity contribution in [3.63, 3.8) is 0 Å². The molecular weight excluding hydrogens is 496 g/mol. The van der Waals surface area contributed by atoms with Crippen molar-refractivity contribution in [2.75, 3.05) is 0 Å². The highest BCUT2D eigenvalue weighted by Crippen LogP contribution is 2.51. The lowest BCUT2D eigenvalue weighted by molar-refractivity contribution is 1.08. The van der Waals surface area contributed by atoms with E-state index >= 15 is 0 Å². The van der Waals surface area contributed by atoms with Crippen molar-refractivity contribution < 1.29 is 0 Å². The van der Waals surface area contributed by atoms with E-state index in [2.05, 4.69) is 144 Å². The van der Waals surface area contributed by atoms with E-state index in [0.717, 1.165) is 17.1 Å². The SMILES string of the molecule is c1ccc(-c2cccc(-n3c4cccc5c4c4c6c(cccc6cc(-c6ccccc6)c43)-c3ccccc3-5)n2)cc1. The highest BCUT2D eigenvalue weighted by molar-refractivity contribution is 6.32. The zero-order chi connectivity index (χ0) is 26.9. The summed E-state index contributed by atoms with van der Waals surface area (Å²) in [5.74, 6) is 0.923. The van der Waals surface area contributed by atoms with Crippen LogP contribution in [0.25, 0.3) is 83.0 Å². The first-order chi connectivity index (χ1) is 20.4. The summed E-state index contributed by atoms with van der Waals surface area (Å²) >= 11 is 0. The van der Waals surface area contributed by atoms with Crippen LogP contribution in [0.4, 0.5) is 0 Å². The summed E-state index contributed by atoms with van der Waals surface area (Å²) in [4.78, 5) is 5.28. The van der Waals surface area contributed by atoms with E-state index in [1.165, 1.54) is 66.0 Å². The minimum atomic E-state index is 0.923. The molecular formula is C39H24N2. The maximum absolute atomic E-state index is 5.28.